The van der Waals surface area contributed by atoms with Gasteiger partial charge in [0.15, 0.2) is 0 Å². The van der Waals surface area contributed by atoms with Crippen molar-refractivity contribution in [2.75, 3.05) is 40.3 Å². The number of urea groups is 1. The van der Waals surface area contributed by atoms with E-state index < -0.39 is 0 Å². The molecule has 0 radical (unpaired) electrons. The SMILES string of the molecule is CN(C)C(=O)N1CCC(N2CCC(N)C2)CC1. The van der Waals surface area contributed by atoms with Gasteiger partial charge < -0.3 is 15.5 Å². The molecule has 2 amide bonds. The fraction of sp³-hybridized carbons (Fsp3) is 0.917. The van der Waals surface area contributed by atoms with Crippen LogP contribution in [0.25, 0.3) is 0 Å². The fourth-order valence-corrected chi connectivity index (χ4v) is 2.85. The number of nitrogens with zero attached hydrogens (tertiary/aromatic N) is 3. The fourth-order valence-electron chi connectivity index (χ4n) is 2.85. The smallest absolute Gasteiger partial charge is 0.319 e. The maximum absolute atomic E-state index is 11.8. The summed E-state index contributed by atoms with van der Waals surface area (Å²) in [5.41, 5.74) is 5.93. The number of carbonyl (C=O) groups excluding carboxylic acids is 1. The van der Waals surface area contributed by atoms with E-state index in [4.69, 9.17) is 5.73 Å². The predicted octanol–water partition coefficient (Wildman–Crippen LogP) is 0.165. The molecule has 0 aliphatic carbocycles. The minimum atomic E-state index is 0.140. The Labute approximate surface area is 104 Å². The summed E-state index contributed by atoms with van der Waals surface area (Å²) in [6.07, 6.45) is 3.30. The second-order valence-corrected chi connectivity index (χ2v) is 5.44. The lowest BCUT2D eigenvalue weighted by atomic mass is 10.0. The van der Waals surface area contributed by atoms with Gasteiger partial charge in [-0.05, 0) is 19.3 Å². The Hall–Kier alpha value is -0.810. The molecule has 1 atom stereocenters. The van der Waals surface area contributed by atoms with Crippen LogP contribution in [-0.4, -0.2) is 73.1 Å². The van der Waals surface area contributed by atoms with E-state index in [0.29, 0.717) is 12.1 Å². The van der Waals surface area contributed by atoms with E-state index >= 15 is 0 Å². The van der Waals surface area contributed by atoms with Crippen molar-refractivity contribution in [3.8, 4) is 0 Å². The van der Waals surface area contributed by atoms with Gasteiger partial charge in [0.1, 0.15) is 0 Å². The van der Waals surface area contributed by atoms with E-state index in [9.17, 15) is 4.79 Å². The summed E-state index contributed by atoms with van der Waals surface area (Å²) < 4.78 is 0. The highest BCUT2D eigenvalue weighted by Crippen LogP contribution is 2.21. The van der Waals surface area contributed by atoms with Crippen molar-refractivity contribution in [2.45, 2.75) is 31.3 Å². The molecule has 5 heteroatoms. The Bertz CT molecular complexity index is 274. The third-order valence-electron chi connectivity index (χ3n) is 3.89. The molecule has 2 heterocycles. The minimum absolute atomic E-state index is 0.140. The zero-order valence-electron chi connectivity index (χ0n) is 10.9. The van der Waals surface area contributed by atoms with Crippen LogP contribution < -0.4 is 5.73 Å². The van der Waals surface area contributed by atoms with Crippen LogP contribution in [0.1, 0.15) is 19.3 Å². The van der Waals surface area contributed by atoms with Gasteiger partial charge in [0.2, 0.25) is 0 Å². The van der Waals surface area contributed by atoms with Gasteiger partial charge in [-0.2, -0.15) is 0 Å². The summed E-state index contributed by atoms with van der Waals surface area (Å²) in [4.78, 5) is 17.9. The molecule has 0 saturated carbocycles. The second-order valence-electron chi connectivity index (χ2n) is 5.44. The van der Waals surface area contributed by atoms with Gasteiger partial charge in [-0.1, -0.05) is 0 Å². The van der Waals surface area contributed by atoms with Crippen molar-refractivity contribution >= 4 is 6.03 Å². The van der Waals surface area contributed by atoms with Gasteiger partial charge in [0.25, 0.3) is 0 Å². The molecule has 2 N–H and O–H groups in total. The van der Waals surface area contributed by atoms with Gasteiger partial charge in [0.05, 0.1) is 0 Å². The van der Waals surface area contributed by atoms with E-state index in [1.165, 1.54) is 0 Å². The number of rotatable bonds is 1. The highest BCUT2D eigenvalue weighted by atomic mass is 16.2. The van der Waals surface area contributed by atoms with Crippen LogP contribution in [0.3, 0.4) is 0 Å². The highest BCUT2D eigenvalue weighted by molar-refractivity contribution is 5.73. The van der Waals surface area contributed by atoms with Crippen molar-refractivity contribution in [3.05, 3.63) is 0 Å². The number of carbonyl (C=O) groups is 1. The minimum Gasteiger partial charge on any atom is -0.331 e. The molecule has 98 valence electrons. The first-order valence-electron chi connectivity index (χ1n) is 6.54. The van der Waals surface area contributed by atoms with Crippen LogP contribution in [0.4, 0.5) is 4.79 Å². The maximum atomic E-state index is 11.8. The average molecular weight is 240 g/mol. The topological polar surface area (TPSA) is 52.8 Å². The van der Waals surface area contributed by atoms with Gasteiger partial charge in [0, 0.05) is 52.4 Å². The number of hydrogen-bond acceptors (Lipinski definition) is 3. The molecule has 0 aromatic heterocycles. The second kappa shape index (κ2) is 5.23. The number of amides is 2. The van der Waals surface area contributed by atoms with E-state index in [2.05, 4.69) is 4.90 Å². The Kier molecular flexibility index (Phi) is 3.89. The molecule has 0 spiro atoms. The monoisotopic (exact) mass is 240 g/mol. The molecule has 2 aliphatic heterocycles. The lowest BCUT2D eigenvalue weighted by Crippen LogP contribution is -2.49. The summed E-state index contributed by atoms with van der Waals surface area (Å²) in [5.74, 6) is 0. The normalized spacial score (nSPS) is 27.5. The van der Waals surface area contributed by atoms with Crippen molar-refractivity contribution < 1.29 is 4.79 Å². The molecule has 0 aromatic rings. The number of nitrogens with two attached hydrogens (primary N) is 1. The average Bonchev–Trinajstić information content (AvgIpc) is 2.75. The molecule has 0 aromatic carbocycles. The predicted molar refractivity (Wildman–Crippen MR) is 67.8 cm³/mol. The molecule has 2 aliphatic rings. The summed E-state index contributed by atoms with van der Waals surface area (Å²) in [6.45, 7) is 3.93. The van der Waals surface area contributed by atoms with Gasteiger partial charge in [-0.25, -0.2) is 4.79 Å². The summed E-state index contributed by atoms with van der Waals surface area (Å²) in [7, 11) is 3.63. The Morgan fingerprint density at radius 2 is 1.82 bits per heavy atom. The van der Waals surface area contributed by atoms with E-state index in [0.717, 1.165) is 45.4 Å². The quantitative estimate of drug-likeness (QED) is 0.710. The molecular formula is C12H24N4O. The van der Waals surface area contributed by atoms with Gasteiger partial charge in [-0.15, -0.1) is 0 Å². The van der Waals surface area contributed by atoms with Crippen LogP contribution in [-0.2, 0) is 0 Å². The molecule has 2 saturated heterocycles. The summed E-state index contributed by atoms with van der Waals surface area (Å²) >= 11 is 0. The summed E-state index contributed by atoms with van der Waals surface area (Å²) in [5, 5.41) is 0. The number of likely N-dealkylation sites (tertiary alicyclic amines) is 2. The largest absolute Gasteiger partial charge is 0.331 e. The first-order chi connectivity index (χ1) is 8.08. The zero-order valence-corrected chi connectivity index (χ0v) is 10.9. The van der Waals surface area contributed by atoms with Crippen molar-refractivity contribution in [2.24, 2.45) is 5.73 Å². The first-order valence-corrected chi connectivity index (χ1v) is 6.54. The van der Waals surface area contributed by atoms with Crippen molar-refractivity contribution in [1.82, 2.24) is 14.7 Å². The molecule has 1 unspecified atom stereocenters. The third-order valence-corrected chi connectivity index (χ3v) is 3.89. The maximum Gasteiger partial charge on any atom is 0.319 e. The Morgan fingerprint density at radius 3 is 2.29 bits per heavy atom. The van der Waals surface area contributed by atoms with Crippen LogP contribution in [0, 0.1) is 0 Å². The lowest BCUT2D eigenvalue weighted by Gasteiger charge is -2.37. The molecule has 5 nitrogen and oxygen atoms in total. The van der Waals surface area contributed by atoms with Crippen LogP contribution in [0.15, 0.2) is 0 Å². The van der Waals surface area contributed by atoms with Crippen molar-refractivity contribution in [3.63, 3.8) is 0 Å². The Morgan fingerprint density at radius 1 is 1.18 bits per heavy atom. The van der Waals surface area contributed by atoms with Crippen molar-refractivity contribution in [1.29, 1.82) is 0 Å². The third kappa shape index (κ3) is 2.90. The molecule has 17 heavy (non-hydrogen) atoms. The highest BCUT2D eigenvalue weighted by Gasteiger charge is 2.30. The molecule has 2 rings (SSSR count). The van der Waals surface area contributed by atoms with Gasteiger partial charge >= 0.3 is 6.03 Å². The zero-order chi connectivity index (χ0) is 12.4. The number of piperidine rings is 1. The van der Waals surface area contributed by atoms with E-state index in [1.807, 2.05) is 19.0 Å². The van der Waals surface area contributed by atoms with Crippen LogP contribution >= 0.6 is 0 Å². The molecule has 2 fully saturated rings. The van der Waals surface area contributed by atoms with Gasteiger partial charge in [-0.3, -0.25) is 4.90 Å². The Balaban J connectivity index is 1.80. The first kappa shape index (κ1) is 12.6. The lowest BCUT2D eigenvalue weighted by molar-refractivity contribution is 0.120. The number of hydrogen-bond donors (Lipinski definition) is 1. The van der Waals surface area contributed by atoms with E-state index in [-0.39, 0.29) is 6.03 Å². The van der Waals surface area contributed by atoms with E-state index in [1.54, 1.807) is 4.90 Å². The standard InChI is InChI=1S/C12H24N4O/c1-14(2)12(17)15-7-4-11(5-8-15)16-6-3-10(13)9-16/h10-11H,3-9,13H2,1-2H3. The molecule has 0 bridgehead atoms. The van der Waals surface area contributed by atoms with Crippen LogP contribution in [0.5, 0.6) is 0 Å². The van der Waals surface area contributed by atoms with Crippen LogP contribution in [0.2, 0.25) is 0 Å². The summed E-state index contributed by atoms with van der Waals surface area (Å²) in [6, 6.07) is 1.13. The molecular weight excluding hydrogens is 216 g/mol.